The number of thioether (sulfide) groups is 1. The van der Waals surface area contributed by atoms with Crippen LogP contribution in [0.1, 0.15) is 12.0 Å². The van der Waals surface area contributed by atoms with E-state index in [4.69, 9.17) is 9.47 Å². The maximum absolute atomic E-state index is 12.6. The van der Waals surface area contributed by atoms with Crippen LogP contribution in [0.3, 0.4) is 0 Å². The molecule has 7 heteroatoms. The van der Waals surface area contributed by atoms with Crippen LogP contribution in [-0.4, -0.2) is 29.5 Å². The van der Waals surface area contributed by atoms with Gasteiger partial charge in [0.2, 0.25) is 0 Å². The zero-order valence-corrected chi connectivity index (χ0v) is 13.6. The molecular weight excluding hydrogens is 314 g/mol. The molecule has 0 unspecified atom stereocenters. The van der Waals surface area contributed by atoms with E-state index in [1.54, 1.807) is 29.9 Å². The molecule has 6 nitrogen and oxygen atoms in total. The molecule has 0 amide bonds. The number of nitrogens with zero attached hydrogens (tertiary/aromatic N) is 3. The number of methoxy groups -OCH3 is 2. The van der Waals surface area contributed by atoms with Crippen molar-refractivity contribution in [2.24, 2.45) is 0 Å². The fourth-order valence-electron chi connectivity index (χ4n) is 2.52. The molecule has 0 saturated carbocycles. The van der Waals surface area contributed by atoms with E-state index in [0.29, 0.717) is 34.5 Å². The van der Waals surface area contributed by atoms with Crippen LogP contribution in [0, 0.1) is 11.3 Å². The first-order chi connectivity index (χ1) is 11.2. The molecule has 1 aliphatic heterocycles. The zero-order chi connectivity index (χ0) is 16.4. The van der Waals surface area contributed by atoms with Crippen LogP contribution in [0.4, 0.5) is 0 Å². The molecule has 0 aliphatic carbocycles. The van der Waals surface area contributed by atoms with Gasteiger partial charge in [0.25, 0.3) is 5.56 Å². The van der Waals surface area contributed by atoms with Crippen molar-refractivity contribution in [1.29, 1.82) is 5.26 Å². The van der Waals surface area contributed by atoms with Crippen molar-refractivity contribution < 1.29 is 9.47 Å². The number of ether oxygens (including phenoxy) is 2. The lowest BCUT2D eigenvalue weighted by molar-refractivity contribution is 0.395. The lowest BCUT2D eigenvalue weighted by Gasteiger charge is -2.19. The van der Waals surface area contributed by atoms with E-state index in [1.807, 2.05) is 6.07 Å². The minimum Gasteiger partial charge on any atom is -0.497 e. The first-order valence-electron chi connectivity index (χ1n) is 7.09. The topological polar surface area (TPSA) is 77.1 Å². The number of fused-ring (bicyclic) bond motifs is 1. The monoisotopic (exact) mass is 329 g/mol. The quantitative estimate of drug-likeness (QED) is 0.804. The molecule has 2 aromatic rings. The maximum Gasteiger partial charge on any atom is 0.272 e. The number of rotatable bonds is 3. The zero-order valence-electron chi connectivity index (χ0n) is 12.8. The van der Waals surface area contributed by atoms with E-state index < -0.39 is 0 Å². The standard InChI is InChI=1S/C16H15N3O3S/c1-21-10-4-5-11(13(8-10)22-2)14-12(9-17)15(20)19-6-3-7-23-16(19)18-14/h4-5,8H,3,6-7H2,1-2H3. The molecule has 1 aromatic heterocycles. The van der Waals surface area contributed by atoms with E-state index >= 15 is 0 Å². The third-order valence-electron chi connectivity index (χ3n) is 3.67. The van der Waals surface area contributed by atoms with Crippen molar-refractivity contribution in [1.82, 2.24) is 9.55 Å². The first-order valence-corrected chi connectivity index (χ1v) is 8.08. The van der Waals surface area contributed by atoms with Gasteiger partial charge in [-0.1, -0.05) is 11.8 Å². The van der Waals surface area contributed by atoms with Crippen LogP contribution >= 0.6 is 11.8 Å². The summed E-state index contributed by atoms with van der Waals surface area (Å²) >= 11 is 1.53. The Balaban J connectivity index is 2.26. The summed E-state index contributed by atoms with van der Waals surface area (Å²) in [5, 5.41) is 10.1. The molecule has 0 spiro atoms. The van der Waals surface area contributed by atoms with Crippen molar-refractivity contribution in [3.05, 3.63) is 34.1 Å². The highest BCUT2D eigenvalue weighted by molar-refractivity contribution is 7.99. The Morgan fingerprint density at radius 2 is 2.17 bits per heavy atom. The maximum atomic E-state index is 12.6. The van der Waals surface area contributed by atoms with Crippen molar-refractivity contribution in [3.63, 3.8) is 0 Å². The summed E-state index contributed by atoms with van der Waals surface area (Å²) in [5.41, 5.74) is 0.714. The highest BCUT2D eigenvalue weighted by Gasteiger charge is 2.22. The van der Waals surface area contributed by atoms with Crippen LogP contribution in [0.25, 0.3) is 11.3 Å². The summed E-state index contributed by atoms with van der Waals surface area (Å²) in [6, 6.07) is 7.22. The molecule has 0 bridgehead atoms. The molecule has 0 radical (unpaired) electrons. The Morgan fingerprint density at radius 3 is 2.87 bits per heavy atom. The summed E-state index contributed by atoms with van der Waals surface area (Å²) in [4.78, 5) is 17.1. The molecular formula is C16H15N3O3S. The fourth-order valence-corrected chi connectivity index (χ4v) is 3.46. The van der Waals surface area contributed by atoms with E-state index in [2.05, 4.69) is 4.98 Å². The smallest absolute Gasteiger partial charge is 0.272 e. The van der Waals surface area contributed by atoms with Gasteiger partial charge in [-0.05, 0) is 18.6 Å². The van der Waals surface area contributed by atoms with Crippen LogP contribution in [0.5, 0.6) is 11.5 Å². The van der Waals surface area contributed by atoms with E-state index in [9.17, 15) is 10.1 Å². The molecule has 0 fully saturated rings. The lowest BCUT2D eigenvalue weighted by Crippen LogP contribution is -2.29. The van der Waals surface area contributed by atoms with Crippen LogP contribution in [0.2, 0.25) is 0 Å². The van der Waals surface area contributed by atoms with Gasteiger partial charge in [0, 0.05) is 23.9 Å². The molecule has 3 rings (SSSR count). The lowest BCUT2D eigenvalue weighted by atomic mass is 10.1. The summed E-state index contributed by atoms with van der Waals surface area (Å²) in [5.74, 6) is 2.06. The Labute approximate surface area is 137 Å². The molecule has 0 saturated heterocycles. The SMILES string of the molecule is COc1ccc(-c2nc3n(c(=O)c2C#N)CCCS3)c(OC)c1. The molecule has 2 heterocycles. The Bertz CT molecular complexity index is 855. The van der Waals surface area contributed by atoms with Gasteiger partial charge in [0.1, 0.15) is 28.8 Å². The summed E-state index contributed by atoms with van der Waals surface area (Å²) in [7, 11) is 3.10. The number of hydrogen-bond acceptors (Lipinski definition) is 6. The molecule has 1 aliphatic rings. The minimum absolute atomic E-state index is 0.0414. The van der Waals surface area contributed by atoms with Gasteiger partial charge in [-0.3, -0.25) is 9.36 Å². The van der Waals surface area contributed by atoms with Gasteiger partial charge in [-0.15, -0.1) is 0 Å². The van der Waals surface area contributed by atoms with Gasteiger partial charge < -0.3 is 9.47 Å². The predicted octanol–water partition coefficient (Wildman–Crippen LogP) is 2.29. The van der Waals surface area contributed by atoms with Gasteiger partial charge >= 0.3 is 0 Å². The number of nitriles is 1. The third-order valence-corrected chi connectivity index (χ3v) is 4.73. The van der Waals surface area contributed by atoms with Gasteiger partial charge in [0.15, 0.2) is 5.16 Å². The van der Waals surface area contributed by atoms with Gasteiger partial charge in [0.05, 0.1) is 14.2 Å². The van der Waals surface area contributed by atoms with Crippen molar-refractivity contribution in [2.45, 2.75) is 18.1 Å². The van der Waals surface area contributed by atoms with Crippen molar-refractivity contribution in [3.8, 4) is 28.8 Å². The normalized spacial score (nSPS) is 13.1. The van der Waals surface area contributed by atoms with Gasteiger partial charge in [-0.2, -0.15) is 5.26 Å². The summed E-state index contributed by atoms with van der Waals surface area (Å²) in [6.45, 7) is 0.600. The summed E-state index contributed by atoms with van der Waals surface area (Å²) < 4.78 is 12.1. The first kappa shape index (κ1) is 15.4. The second-order valence-electron chi connectivity index (χ2n) is 4.95. The minimum atomic E-state index is -0.294. The highest BCUT2D eigenvalue weighted by Crippen LogP contribution is 2.34. The second kappa shape index (κ2) is 6.34. The van der Waals surface area contributed by atoms with Crippen molar-refractivity contribution >= 4 is 11.8 Å². The Kier molecular flexibility index (Phi) is 4.26. The van der Waals surface area contributed by atoms with Crippen LogP contribution in [-0.2, 0) is 6.54 Å². The number of hydrogen-bond donors (Lipinski definition) is 0. The predicted molar refractivity (Wildman–Crippen MR) is 87.1 cm³/mol. The number of aromatic nitrogens is 2. The molecule has 1 aromatic carbocycles. The fraction of sp³-hybridized carbons (Fsp3) is 0.312. The van der Waals surface area contributed by atoms with Crippen LogP contribution in [0.15, 0.2) is 28.2 Å². The van der Waals surface area contributed by atoms with E-state index in [-0.39, 0.29) is 11.1 Å². The Morgan fingerprint density at radius 1 is 1.35 bits per heavy atom. The number of benzene rings is 1. The highest BCUT2D eigenvalue weighted by atomic mass is 32.2. The molecule has 0 atom stereocenters. The van der Waals surface area contributed by atoms with Crippen molar-refractivity contribution in [2.75, 3.05) is 20.0 Å². The molecule has 23 heavy (non-hydrogen) atoms. The van der Waals surface area contributed by atoms with E-state index in [1.165, 1.54) is 18.9 Å². The average Bonchev–Trinajstić information content (AvgIpc) is 2.61. The largest absolute Gasteiger partial charge is 0.497 e. The third kappa shape index (κ3) is 2.66. The second-order valence-corrected chi connectivity index (χ2v) is 6.02. The van der Waals surface area contributed by atoms with Gasteiger partial charge in [-0.25, -0.2) is 4.98 Å². The average molecular weight is 329 g/mol. The van der Waals surface area contributed by atoms with E-state index in [0.717, 1.165) is 12.2 Å². The molecule has 0 N–H and O–H groups in total. The molecule has 118 valence electrons. The summed E-state index contributed by atoms with van der Waals surface area (Å²) in [6.07, 6.45) is 0.898. The Hall–Kier alpha value is -2.46. The van der Waals surface area contributed by atoms with Crippen LogP contribution < -0.4 is 15.0 Å².